The second-order valence-corrected chi connectivity index (χ2v) is 6.35. The van der Waals surface area contributed by atoms with Crippen LogP contribution in [0.1, 0.15) is 49.8 Å². The highest BCUT2D eigenvalue weighted by atomic mass is 15.2. The van der Waals surface area contributed by atoms with Gasteiger partial charge in [-0.15, -0.1) is 0 Å². The molecular formula is C17H26N2. The van der Waals surface area contributed by atoms with E-state index in [0.29, 0.717) is 12.1 Å². The highest BCUT2D eigenvalue weighted by Crippen LogP contribution is 2.28. The molecule has 1 aromatic carbocycles. The van der Waals surface area contributed by atoms with Crippen LogP contribution in [-0.4, -0.2) is 30.1 Å². The van der Waals surface area contributed by atoms with Crippen LogP contribution in [-0.2, 0) is 0 Å². The lowest BCUT2D eigenvalue weighted by atomic mass is 9.96. The molecule has 1 aromatic rings. The van der Waals surface area contributed by atoms with Crippen molar-refractivity contribution >= 4 is 0 Å². The van der Waals surface area contributed by atoms with Crippen molar-refractivity contribution in [2.24, 2.45) is 0 Å². The highest BCUT2D eigenvalue weighted by Gasteiger charge is 2.31. The van der Waals surface area contributed by atoms with E-state index < -0.39 is 0 Å². The summed E-state index contributed by atoms with van der Waals surface area (Å²) >= 11 is 0. The first kappa shape index (κ1) is 13.1. The lowest BCUT2D eigenvalue weighted by Gasteiger charge is -2.36. The predicted molar refractivity (Wildman–Crippen MR) is 80.3 cm³/mol. The quantitative estimate of drug-likeness (QED) is 0.895. The van der Waals surface area contributed by atoms with E-state index in [2.05, 4.69) is 48.3 Å². The van der Waals surface area contributed by atoms with E-state index in [1.54, 1.807) is 0 Å². The Hall–Kier alpha value is -0.860. The lowest BCUT2D eigenvalue weighted by Crippen LogP contribution is -2.46. The number of hydrogen-bond acceptors (Lipinski definition) is 2. The van der Waals surface area contributed by atoms with Crippen molar-refractivity contribution in [2.75, 3.05) is 13.1 Å². The van der Waals surface area contributed by atoms with Gasteiger partial charge >= 0.3 is 0 Å². The Balaban J connectivity index is 1.57. The summed E-state index contributed by atoms with van der Waals surface area (Å²) in [6.07, 6.45) is 5.48. The molecule has 0 spiro atoms. The van der Waals surface area contributed by atoms with Crippen molar-refractivity contribution < 1.29 is 0 Å². The summed E-state index contributed by atoms with van der Waals surface area (Å²) in [5.41, 5.74) is 2.76. The summed E-state index contributed by atoms with van der Waals surface area (Å²) in [4.78, 5) is 2.69. The van der Waals surface area contributed by atoms with E-state index >= 15 is 0 Å². The summed E-state index contributed by atoms with van der Waals surface area (Å²) in [6, 6.07) is 11.0. The molecule has 1 N–H and O–H groups in total. The van der Waals surface area contributed by atoms with Crippen LogP contribution in [0.15, 0.2) is 24.3 Å². The summed E-state index contributed by atoms with van der Waals surface area (Å²) in [6.45, 7) is 7.08. The number of piperidine rings is 1. The summed E-state index contributed by atoms with van der Waals surface area (Å²) in [7, 11) is 0. The minimum absolute atomic E-state index is 0.471. The van der Waals surface area contributed by atoms with Crippen LogP contribution in [0.4, 0.5) is 0 Å². The Morgan fingerprint density at radius 2 is 1.95 bits per heavy atom. The van der Waals surface area contributed by atoms with Gasteiger partial charge in [-0.05, 0) is 58.2 Å². The first-order valence-corrected chi connectivity index (χ1v) is 7.79. The Morgan fingerprint density at radius 1 is 1.16 bits per heavy atom. The van der Waals surface area contributed by atoms with Gasteiger partial charge in [-0.3, -0.25) is 0 Å². The van der Waals surface area contributed by atoms with Gasteiger partial charge in [0.15, 0.2) is 0 Å². The largest absolute Gasteiger partial charge is 0.307 e. The van der Waals surface area contributed by atoms with Crippen LogP contribution in [0.3, 0.4) is 0 Å². The second-order valence-electron chi connectivity index (χ2n) is 6.35. The van der Waals surface area contributed by atoms with Gasteiger partial charge < -0.3 is 10.2 Å². The van der Waals surface area contributed by atoms with E-state index in [4.69, 9.17) is 0 Å². The van der Waals surface area contributed by atoms with Crippen molar-refractivity contribution in [3.63, 3.8) is 0 Å². The van der Waals surface area contributed by atoms with Gasteiger partial charge in [0.1, 0.15) is 0 Å². The Bertz CT molecular complexity index is 412. The smallest absolute Gasteiger partial charge is 0.0294 e. The Labute approximate surface area is 117 Å². The van der Waals surface area contributed by atoms with E-state index in [1.807, 2.05) is 0 Å². The molecule has 0 amide bonds. The maximum absolute atomic E-state index is 3.84. The van der Waals surface area contributed by atoms with E-state index in [0.717, 1.165) is 6.04 Å². The number of aryl methyl sites for hydroxylation is 1. The molecule has 0 saturated carbocycles. The first-order chi connectivity index (χ1) is 9.22. The maximum Gasteiger partial charge on any atom is 0.0294 e. The minimum atomic E-state index is 0.471. The first-order valence-electron chi connectivity index (χ1n) is 7.79. The molecule has 104 valence electrons. The normalized spacial score (nSPS) is 29.2. The van der Waals surface area contributed by atoms with Crippen LogP contribution in [0.25, 0.3) is 0 Å². The molecule has 2 fully saturated rings. The number of benzene rings is 1. The fourth-order valence-electron chi connectivity index (χ4n) is 3.68. The molecule has 3 atom stereocenters. The average Bonchev–Trinajstić information content (AvgIpc) is 2.87. The highest BCUT2D eigenvalue weighted by molar-refractivity contribution is 5.23. The van der Waals surface area contributed by atoms with Gasteiger partial charge in [0.2, 0.25) is 0 Å². The molecule has 2 aliphatic rings. The van der Waals surface area contributed by atoms with Gasteiger partial charge in [0, 0.05) is 18.1 Å². The van der Waals surface area contributed by atoms with Gasteiger partial charge in [-0.1, -0.05) is 29.8 Å². The maximum atomic E-state index is 3.84. The van der Waals surface area contributed by atoms with E-state index in [1.165, 1.54) is 49.9 Å². The molecule has 0 bridgehead atoms. The molecule has 2 heteroatoms. The molecular weight excluding hydrogens is 232 g/mol. The Kier molecular flexibility index (Phi) is 3.90. The third-order valence-electron chi connectivity index (χ3n) is 4.88. The molecule has 0 aliphatic carbocycles. The predicted octanol–water partition coefficient (Wildman–Crippen LogP) is 3.27. The minimum Gasteiger partial charge on any atom is -0.307 e. The zero-order chi connectivity index (χ0) is 13.2. The van der Waals surface area contributed by atoms with Crippen LogP contribution in [0.2, 0.25) is 0 Å². The number of rotatable bonds is 3. The molecule has 0 aromatic heterocycles. The van der Waals surface area contributed by atoms with Crippen LogP contribution in [0, 0.1) is 6.92 Å². The van der Waals surface area contributed by atoms with Crippen molar-refractivity contribution in [1.82, 2.24) is 10.2 Å². The van der Waals surface area contributed by atoms with E-state index in [-0.39, 0.29) is 0 Å². The third kappa shape index (κ3) is 3.01. The van der Waals surface area contributed by atoms with Crippen molar-refractivity contribution in [1.29, 1.82) is 0 Å². The van der Waals surface area contributed by atoms with Crippen LogP contribution < -0.4 is 5.32 Å². The number of nitrogens with zero attached hydrogens (tertiary/aromatic N) is 1. The summed E-state index contributed by atoms with van der Waals surface area (Å²) < 4.78 is 0. The van der Waals surface area contributed by atoms with Crippen LogP contribution >= 0.6 is 0 Å². The fraction of sp³-hybridized carbons (Fsp3) is 0.647. The third-order valence-corrected chi connectivity index (χ3v) is 4.88. The molecule has 3 unspecified atom stereocenters. The van der Waals surface area contributed by atoms with Gasteiger partial charge in [0.25, 0.3) is 0 Å². The summed E-state index contributed by atoms with van der Waals surface area (Å²) in [5.74, 6) is 0. The number of hydrogen-bond donors (Lipinski definition) is 1. The summed E-state index contributed by atoms with van der Waals surface area (Å²) in [5, 5.41) is 3.84. The molecule has 2 heterocycles. The number of nitrogens with one attached hydrogen (secondary N) is 1. The zero-order valence-corrected chi connectivity index (χ0v) is 12.2. The van der Waals surface area contributed by atoms with Crippen LogP contribution in [0.5, 0.6) is 0 Å². The van der Waals surface area contributed by atoms with Gasteiger partial charge in [0.05, 0.1) is 0 Å². The zero-order valence-electron chi connectivity index (χ0n) is 12.2. The second kappa shape index (κ2) is 5.64. The van der Waals surface area contributed by atoms with Gasteiger partial charge in [-0.2, -0.15) is 0 Å². The van der Waals surface area contributed by atoms with Crippen molar-refractivity contribution in [3.8, 4) is 0 Å². The Morgan fingerprint density at radius 3 is 2.74 bits per heavy atom. The van der Waals surface area contributed by atoms with Crippen molar-refractivity contribution in [3.05, 3.63) is 35.4 Å². The lowest BCUT2D eigenvalue weighted by molar-refractivity contribution is 0.162. The molecule has 2 saturated heterocycles. The molecule has 2 aliphatic heterocycles. The van der Waals surface area contributed by atoms with Crippen molar-refractivity contribution in [2.45, 2.75) is 57.7 Å². The molecule has 0 radical (unpaired) electrons. The number of fused-ring (bicyclic) bond motifs is 1. The fourth-order valence-corrected chi connectivity index (χ4v) is 3.68. The van der Waals surface area contributed by atoms with E-state index in [9.17, 15) is 0 Å². The average molecular weight is 258 g/mol. The molecule has 19 heavy (non-hydrogen) atoms. The standard InChI is InChI=1S/C17H26N2/c1-13-5-7-15(8-6-13)14(2)18-16-9-11-19-10-3-4-17(19)12-16/h5-8,14,16-18H,3-4,9-12H2,1-2H3. The topological polar surface area (TPSA) is 15.3 Å². The monoisotopic (exact) mass is 258 g/mol. The molecule has 2 nitrogen and oxygen atoms in total. The SMILES string of the molecule is Cc1ccc(C(C)NC2CCN3CCCC3C2)cc1. The molecule has 3 rings (SSSR count). The van der Waals surface area contributed by atoms with Gasteiger partial charge in [-0.25, -0.2) is 0 Å².